The van der Waals surface area contributed by atoms with E-state index in [9.17, 15) is 8.42 Å². The SMILES string of the molecule is Cc1ncc(CN(C)S(=O)(=O)c2ccc(N)cc2Br)s1. The molecule has 0 saturated heterocycles. The molecule has 0 aliphatic heterocycles. The third kappa shape index (κ3) is 3.20. The van der Waals surface area contributed by atoms with Gasteiger partial charge in [0, 0.05) is 34.8 Å². The molecule has 108 valence electrons. The molecular weight excluding hydrogens is 362 g/mol. The second-order valence-corrected chi connectivity index (χ2v) is 8.48. The minimum Gasteiger partial charge on any atom is -0.399 e. The number of anilines is 1. The van der Waals surface area contributed by atoms with Crippen molar-refractivity contribution in [2.45, 2.75) is 18.4 Å². The standard InChI is InChI=1S/C12H14BrN3O2S2/c1-8-15-6-10(19-8)7-16(2)20(17,18)12-4-3-9(14)5-11(12)13/h3-6H,7,14H2,1-2H3. The van der Waals surface area contributed by atoms with E-state index in [0.29, 0.717) is 16.7 Å². The van der Waals surface area contributed by atoms with Gasteiger partial charge in [-0.25, -0.2) is 13.4 Å². The number of aryl methyl sites for hydroxylation is 1. The molecule has 0 unspecified atom stereocenters. The molecule has 0 atom stereocenters. The lowest BCUT2D eigenvalue weighted by Gasteiger charge is -2.17. The smallest absolute Gasteiger partial charge is 0.244 e. The monoisotopic (exact) mass is 375 g/mol. The van der Waals surface area contributed by atoms with Gasteiger partial charge in [0.1, 0.15) is 0 Å². The van der Waals surface area contributed by atoms with Crippen LogP contribution in [-0.2, 0) is 16.6 Å². The van der Waals surface area contributed by atoms with Crippen LogP contribution in [0.15, 0.2) is 33.8 Å². The first kappa shape index (κ1) is 15.4. The van der Waals surface area contributed by atoms with Crippen LogP contribution in [0.2, 0.25) is 0 Å². The highest BCUT2D eigenvalue weighted by atomic mass is 79.9. The van der Waals surface area contributed by atoms with E-state index in [1.54, 1.807) is 25.4 Å². The molecule has 2 rings (SSSR count). The van der Waals surface area contributed by atoms with Gasteiger partial charge in [0.25, 0.3) is 0 Å². The molecule has 0 radical (unpaired) electrons. The van der Waals surface area contributed by atoms with Crippen LogP contribution in [0.25, 0.3) is 0 Å². The second kappa shape index (κ2) is 5.80. The van der Waals surface area contributed by atoms with Crippen LogP contribution < -0.4 is 5.73 Å². The first-order valence-corrected chi connectivity index (χ1v) is 8.78. The summed E-state index contributed by atoms with van der Waals surface area (Å²) < 4.78 is 26.8. The summed E-state index contributed by atoms with van der Waals surface area (Å²) in [6, 6.07) is 4.66. The Morgan fingerprint density at radius 2 is 2.15 bits per heavy atom. The van der Waals surface area contributed by atoms with Crippen LogP contribution >= 0.6 is 27.3 Å². The third-order valence-electron chi connectivity index (χ3n) is 2.69. The first-order valence-electron chi connectivity index (χ1n) is 5.73. The molecule has 1 heterocycles. The molecule has 8 heteroatoms. The average molecular weight is 376 g/mol. The van der Waals surface area contributed by atoms with Crippen LogP contribution in [-0.4, -0.2) is 24.8 Å². The maximum atomic E-state index is 12.5. The normalized spacial score (nSPS) is 12.0. The highest BCUT2D eigenvalue weighted by molar-refractivity contribution is 9.10. The van der Waals surface area contributed by atoms with Crippen molar-refractivity contribution < 1.29 is 8.42 Å². The van der Waals surface area contributed by atoms with Gasteiger partial charge in [-0.15, -0.1) is 11.3 Å². The molecule has 20 heavy (non-hydrogen) atoms. The summed E-state index contributed by atoms with van der Waals surface area (Å²) in [5, 5.41) is 0.916. The Morgan fingerprint density at radius 3 is 2.70 bits per heavy atom. The molecule has 5 nitrogen and oxygen atoms in total. The molecule has 0 spiro atoms. The van der Waals surface area contributed by atoms with Gasteiger partial charge in [-0.05, 0) is 41.1 Å². The van der Waals surface area contributed by atoms with Gasteiger partial charge in [0.15, 0.2) is 0 Å². The largest absolute Gasteiger partial charge is 0.399 e. The van der Waals surface area contributed by atoms with Crippen molar-refractivity contribution >= 4 is 43.0 Å². The van der Waals surface area contributed by atoms with Crippen LogP contribution in [0.1, 0.15) is 9.88 Å². The summed E-state index contributed by atoms with van der Waals surface area (Å²) in [6.45, 7) is 2.18. The predicted octanol–water partition coefficient (Wildman–Crippen LogP) is 2.62. The quantitative estimate of drug-likeness (QED) is 0.833. The number of rotatable bonds is 4. The van der Waals surface area contributed by atoms with E-state index >= 15 is 0 Å². The van der Waals surface area contributed by atoms with Crippen molar-refractivity contribution in [3.05, 3.63) is 38.8 Å². The van der Waals surface area contributed by atoms with Gasteiger partial charge in [-0.1, -0.05) is 0 Å². The lowest BCUT2D eigenvalue weighted by molar-refractivity contribution is 0.469. The number of aromatic nitrogens is 1. The number of nitrogens with zero attached hydrogens (tertiary/aromatic N) is 2. The predicted molar refractivity (Wildman–Crippen MR) is 84.1 cm³/mol. The molecule has 2 aromatic rings. The Bertz CT molecular complexity index is 728. The molecule has 0 bridgehead atoms. The molecule has 0 fully saturated rings. The molecule has 0 aliphatic rings. The lowest BCUT2D eigenvalue weighted by atomic mass is 10.3. The van der Waals surface area contributed by atoms with Crippen molar-refractivity contribution in [1.82, 2.24) is 9.29 Å². The lowest BCUT2D eigenvalue weighted by Crippen LogP contribution is -2.26. The Kier molecular flexibility index (Phi) is 4.48. The zero-order valence-electron chi connectivity index (χ0n) is 11.0. The van der Waals surface area contributed by atoms with Crippen LogP contribution in [0.3, 0.4) is 0 Å². The van der Waals surface area contributed by atoms with Crippen LogP contribution in [0, 0.1) is 6.92 Å². The average Bonchev–Trinajstić information content (AvgIpc) is 2.74. The number of nitrogen functional groups attached to an aromatic ring is 1. The highest BCUT2D eigenvalue weighted by Crippen LogP contribution is 2.27. The van der Waals surface area contributed by atoms with Gasteiger partial charge in [0.05, 0.1) is 9.90 Å². The molecule has 2 N–H and O–H groups in total. The summed E-state index contributed by atoms with van der Waals surface area (Å²) in [6.07, 6.45) is 1.70. The topological polar surface area (TPSA) is 76.3 Å². The molecule has 0 aliphatic carbocycles. The van der Waals surface area contributed by atoms with E-state index in [0.717, 1.165) is 9.88 Å². The molecule has 0 saturated carbocycles. The summed E-state index contributed by atoms with van der Waals surface area (Å²) >= 11 is 4.73. The number of benzene rings is 1. The zero-order valence-corrected chi connectivity index (χ0v) is 14.2. The number of hydrogen-bond donors (Lipinski definition) is 1. The van der Waals surface area contributed by atoms with Crippen LogP contribution in [0.5, 0.6) is 0 Å². The molecule has 1 aromatic heterocycles. The van der Waals surface area contributed by atoms with E-state index in [2.05, 4.69) is 20.9 Å². The molecule has 0 amide bonds. The minimum atomic E-state index is -3.57. The summed E-state index contributed by atoms with van der Waals surface area (Å²) in [5.74, 6) is 0. The van der Waals surface area contributed by atoms with E-state index in [1.165, 1.54) is 21.7 Å². The Hall–Kier alpha value is -0.960. The fourth-order valence-electron chi connectivity index (χ4n) is 1.68. The van der Waals surface area contributed by atoms with Gasteiger partial charge in [-0.3, -0.25) is 0 Å². The van der Waals surface area contributed by atoms with E-state index in [4.69, 9.17) is 5.73 Å². The van der Waals surface area contributed by atoms with Gasteiger partial charge in [0.2, 0.25) is 10.0 Å². The zero-order chi connectivity index (χ0) is 14.9. The van der Waals surface area contributed by atoms with E-state index in [-0.39, 0.29) is 4.90 Å². The summed E-state index contributed by atoms with van der Waals surface area (Å²) in [4.78, 5) is 5.23. The van der Waals surface area contributed by atoms with Gasteiger partial charge in [-0.2, -0.15) is 4.31 Å². The molecule has 1 aromatic carbocycles. The first-order chi connectivity index (χ1) is 9.30. The van der Waals surface area contributed by atoms with Crippen molar-refractivity contribution in [1.29, 1.82) is 0 Å². The minimum absolute atomic E-state index is 0.204. The third-order valence-corrected chi connectivity index (χ3v) is 6.37. The fourth-order valence-corrected chi connectivity index (χ4v) is 4.81. The number of sulfonamides is 1. The summed E-state index contributed by atoms with van der Waals surface area (Å²) in [5.41, 5.74) is 6.14. The Morgan fingerprint density at radius 1 is 1.45 bits per heavy atom. The number of hydrogen-bond acceptors (Lipinski definition) is 5. The van der Waals surface area contributed by atoms with Crippen molar-refractivity contribution in [3.63, 3.8) is 0 Å². The van der Waals surface area contributed by atoms with Gasteiger partial charge >= 0.3 is 0 Å². The number of halogens is 1. The molecular formula is C12H14BrN3O2S2. The van der Waals surface area contributed by atoms with Crippen molar-refractivity contribution in [2.24, 2.45) is 0 Å². The fraction of sp³-hybridized carbons (Fsp3) is 0.250. The van der Waals surface area contributed by atoms with Gasteiger partial charge < -0.3 is 5.73 Å². The Labute approximate surface area is 130 Å². The number of thiazole rings is 1. The Balaban J connectivity index is 2.29. The van der Waals surface area contributed by atoms with Crippen molar-refractivity contribution in [3.8, 4) is 0 Å². The maximum absolute atomic E-state index is 12.5. The van der Waals surface area contributed by atoms with Crippen LogP contribution in [0.4, 0.5) is 5.69 Å². The highest BCUT2D eigenvalue weighted by Gasteiger charge is 2.24. The van der Waals surface area contributed by atoms with E-state index in [1.807, 2.05) is 6.92 Å². The van der Waals surface area contributed by atoms with E-state index < -0.39 is 10.0 Å². The second-order valence-electron chi connectivity index (χ2n) is 4.30. The maximum Gasteiger partial charge on any atom is 0.244 e. The van der Waals surface area contributed by atoms with Crippen molar-refractivity contribution in [2.75, 3.05) is 12.8 Å². The number of nitrogens with two attached hydrogens (primary N) is 1. The summed E-state index contributed by atoms with van der Waals surface area (Å²) in [7, 11) is -2.02.